The van der Waals surface area contributed by atoms with Crippen molar-refractivity contribution in [1.82, 2.24) is 20.1 Å². The maximum atomic E-state index is 13.2. The van der Waals surface area contributed by atoms with Gasteiger partial charge in [-0.05, 0) is 61.9 Å². The van der Waals surface area contributed by atoms with Crippen LogP contribution in [0.5, 0.6) is 0 Å². The molecular formula is C26H21FN4O2. The molecule has 0 saturated heterocycles. The molecule has 5 rings (SSSR count). The minimum atomic E-state index is -0.324. The van der Waals surface area contributed by atoms with Gasteiger partial charge in [-0.15, -0.1) is 0 Å². The number of pyridine rings is 1. The smallest absolute Gasteiger partial charge is 0.280 e. The number of benzene rings is 3. The van der Waals surface area contributed by atoms with Gasteiger partial charge in [0.25, 0.3) is 11.5 Å². The molecule has 2 aromatic heterocycles. The number of nitrogens with zero attached hydrogens (tertiary/aromatic N) is 2. The highest BCUT2D eigenvalue weighted by Gasteiger charge is 2.16. The number of halogens is 1. The van der Waals surface area contributed by atoms with E-state index in [1.165, 1.54) is 16.8 Å². The van der Waals surface area contributed by atoms with Crippen LogP contribution in [0, 0.1) is 12.7 Å². The summed E-state index contributed by atoms with van der Waals surface area (Å²) >= 11 is 0. The van der Waals surface area contributed by atoms with E-state index >= 15 is 0 Å². The zero-order valence-corrected chi connectivity index (χ0v) is 18.1. The van der Waals surface area contributed by atoms with Crippen molar-refractivity contribution in [3.63, 3.8) is 0 Å². The molecule has 0 aliphatic carbocycles. The molecule has 33 heavy (non-hydrogen) atoms. The molecule has 0 bridgehead atoms. The monoisotopic (exact) mass is 440 g/mol. The number of carbonyl (C=O) groups excluding carboxylic acids is 1. The van der Waals surface area contributed by atoms with Gasteiger partial charge in [0.15, 0.2) is 0 Å². The summed E-state index contributed by atoms with van der Waals surface area (Å²) in [5.41, 5.74) is 4.14. The molecule has 0 radical (unpaired) electrons. The Morgan fingerprint density at radius 3 is 2.48 bits per heavy atom. The van der Waals surface area contributed by atoms with E-state index in [9.17, 15) is 14.0 Å². The van der Waals surface area contributed by atoms with Crippen molar-refractivity contribution >= 4 is 27.7 Å². The zero-order chi connectivity index (χ0) is 23.1. The molecule has 2 heterocycles. The van der Waals surface area contributed by atoms with E-state index in [1.807, 2.05) is 38.1 Å². The van der Waals surface area contributed by atoms with E-state index < -0.39 is 0 Å². The minimum Gasteiger partial charge on any atom is -0.346 e. The van der Waals surface area contributed by atoms with Crippen LogP contribution in [0.15, 0.2) is 77.7 Å². The molecule has 7 heteroatoms. The zero-order valence-electron chi connectivity index (χ0n) is 18.1. The van der Waals surface area contributed by atoms with Crippen LogP contribution >= 0.6 is 0 Å². The van der Waals surface area contributed by atoms with Crippen LogP contribution in [0.25, 0.3) is 27.5 Å². The van der Waals surface area contributed by atoms with Crippen molar-refractivity contribution < 1.29 is 9.18 Å². The molecule has 3 aromatic carbocycles. The normalized spacial score (nSPS) is 12.2. The van der Waals surface area contributed by atoms with Gasteiger partial charge in [0, 0.05) is 17.1 Å². The molecule has 6 nitrogen and oxygen atoms in total. The average molecular weight is 440 g/mol. The lowest BCUT2D eigenvalue weighted by Gasteiger charge is -2.14. The van der Waals surface area contributed by atoms with Crippen LogP contribution in [0.2, 0.25) is 0 Å². The highest BCUT2D eigenvalue weighted by atomic mass is 19.1. The fourth-order valence-electron chi connectivity index (χ4n) is 3.89. The van der Waals surface area contributed by atoms with Crippen LogP contribution < -0.4 is 10.9 Å². The van der Waals surface area contributed by atoms with E-state index in [0.29, 0.717) is 27.4 Å². The third kappa shape index (κ3) is 3.78. The number of aromatic amines is 1. The average Bonchev–Trinajstić information content (AvgIpc) is 3.16. The first-order chi connectivity index (χ1) is 15.9. The molecule has 0 aliphatic rings. The Morgan fingerprint density at radius 1 is 1.03 bits per heavy atom. The molecule has 0 saturated carbocycles. The van der Waals surface area contributed by atoms with Crippen LogP contribution in [-0.4, -0.2) is 20.7 Å². The quantitative estimate of drug-likeness (QED) is 0.421. The van der Waals surface area contributed by atoms with E-state index in [4.69, 9.17) is 0 Å². The predicted octanol–water partition coefficient (Wildman–Crippen LogP) is 4.81. The third-order valence-electron chi connectivity index (χ3n) is 5.80. The standard InChI is InChI=1S/C26H21FN4O2/c1-15-3-10-20(11-4-15)31-26(33)22-14-28-23-12-7-18(13-21(23)24(22)30-31)25(32)29-16(2)17-5-8-19(27)9-6-17/h3-14,16,30H,1-2H3,(H,29,32). The maximum Gasteiger partial charge on any atom is 0.280 e. The molecular weight excluding hydrogens is 419 g/mol. The first-order valence-electron chi connectivity index (χ1n) is 10.6. The van der Waals surface area contributed by atoms with Crippen molar-refractivity contribution in [3.8, 4) is 5.69 Å². The number of H-pyrrole nitrogens is 1. The molecule has 5 aromatic rings. The van der Waals surface area contributed by atoms with Crippen LogP contribution in [0.4, 0.5) is 4.39 Å². The van der Waals surface area contributed by atoms with Crippen molar-refractivity contribution in [2.45, 2.75) is 19.9 Å². The van der Waals surface area contributed by atoms with Crippen molar-refractivity contribution in [1.29, 1.82) is 0 Å². The number of aryl methyl sites for hydroxylation is 1. The number of hydrogen-bond acceptors (Lipinski definition) is 3. The minimum absolute atomic E-state index is 0.206. The second-order valence-corrected chi connectivity index (χ2v) is 8.11. The van der Waals surface area contributed by atoms with E-state index in [0.717, 1.165) is 16.8 Å². The van der Waals surface area contributed by atoms with E-state index in [1.54, 1.807) is 36.5 Å². The fourth-order valence-corrected chi connectivity index (χ4v) is 3.89. The summed E-state index contributed by atoms with van der Waals surface area (Å²) in [6.07, 6.45) is 1.55. The Morgan fingerprint density at radius 2 is 1.76 bits per heavy atom. The van der Waals surface area contributed by atoms with Gasteiger partial charge in [0.1, 0.15) is 5.82 Å². The molecule has 1 atom stereocenters. The Bertz CT molecular complexity index is 1550. The number of rotatable bonds is 4. The molecule has 0 aliphatic heterocycles. The SMILES string of the molecule is Cc1ccc(-n2[nH]c3c(cnc4ccc(C(=O)NC(C)c5ccc(F)cc5)cc43)c2=O)cc1. The first-order valence-corrected chi connectivity index (χ1v) is 10.6. The highest BCUT2D eigenvalue weighted by molar-refractivity contribution is 6.06. The van der Waals surface area contributed by atoms with Crippen LogP contribution in [0.3, 0.4) is 0 Å². The summed E-state index contributed by atoms with van der Waals surface area (Å²) in [6.45, 7) is 3.82. The van der Waals surface area contributed by atoms with Gasteiger partial charge in [0.2, 0.25) is 0 Å². The summed E-state index contributed by atoms with van der Waals surface area (Å²) in [5.74, 6) is -0.596. The second-order valence-electron chi connectivity index (χ2n) is 8.11. The fraction of sp³-hybridized carbons (Fsp3) is 0.115. The summed E-state index contributed by atoms with van der Waals surface area (Å²) in [6, 6.07) is 18.5. The van der Waals surface area contributed by atoms with Crippen molar-refractivity contribution in [2.24, 2.45) is 0 Å². The lowest BCUT2D eigenvalue weighted by Crippen LogP contribution is -2.26. The number of carbonyl (C=O) groups is 1. The number of nitrogens with one attached hydrogen (secondary N) is 2. The number of amides is 1. The maximum absolute atomic E-state index is 13.2. The molecule has 1 unspecified atom stereocenters. The topological polar surface area (TPSA) is 79.8 Å². The molecule has 1 amide bonds. The summed E-state index contributed by atoms with van der Waals surface area (Å²) in [7, 11) is 0. The third-order valence-corrected chi connectivity index (χ3v) is 5.80. The van der Waals surface area contributed by atoms with E-state index in [-0.39, 0.29) is 23.3 Å². The van der Waals surface area contributed by atoms with Crippen LogP contribution in [0.1, 0.15) is 34.5 Å². The van der Waals surface area contributed by atoms with Gasteiger partial charge >= 0.3 is 0 Å². The lowest BCUT2D eigenvalue weighted by molar-refractivity contribution is 0.0940. The number of aromatic nitrogens is 3. The Labute approximate surface area is 188 Å². The highest BCUT2D eigenvalue weighted by Crippen LogP contribution is 2.23. The largest absolute Gasteiger partial charge is 0.346 e. The predicted molar refractivity (Wildman–Crippen MR) is 126 cm³/mol. The Hall–Kier alpha value is -4.26. The van der Waals surface area contributed by atoms with Crippen molar-refractivity contribution in [3.05, 3.63) is 106 Å². The lowest BCUT2D eigenvalue weighted by atomic mass is 10.1. The molecule has 0 spiro atoms. The van der Waals surface area contributed by atoms with Gasteiger partial charge in [-0.3, -0.25) is 19.7 Å². The Kier molecular flexibility index (Phi) is 5.01. The first kappa shape index (κ1) is 20.6. The molecule has 164 valence electrons. The Balaban J connectivity index is 1.53. The summed E-state index contributed by atoms with van der Waals surface area (Å²) < 4.78 is 14.7. The summed E-state index contributed by atoms with van der Waals surface area (Å²) in [5, 5.41) is 7.23. The van der Waals surface area contributed by atoms with Gasteiger partial charge in [-0.1, -0.05) is 29.8 Å². The number of fused-ring (bicyclic) bond motifs is 3. The van der Waals surface area contributed by atoms with Gasteiger partial charge in [-0.2, -0.15) is 0 Å². The van der Waals surface area contributed by atoms with Gasteiger partial charge in [-0.25, -0.2) is 9.07 Å². The second kappa shape index (κ2) is 8.02. The van der Waals surface area contributed by atoms with Gasteiger partial charge < -0.3 is 5.32 Å². The molecule has 2 N–H and O–H groups in total. The van der Waals surface area contributed by atoms with Crippen molar-refractivity contribution in [2.75, 3.05) is 0 Å². The van der Waals surface area contributed by atoms with E-state index in [2.05, 4.69) is 15.4 Å². The number of hydrogen-bond donors (Lipinski definition) is 2. The van der Waals surface area contributed by atoms with Gasteiger partial charge in [0.05, 0.1) is 28.1 Å². The molecule has 0 fully saturated rings. The van der Waals surface area contributed by atoms with Crippen LogP contribution in [-0.2, 0) is 0 Å². The summed E-state index contributed by atoms with van der Waals surface area (Å²) in [4.78, 5) is 30.3.